The fraction of sp³-hybridized carbons (Fsp3) is 0. The molecule has 4 nitrogen and oxygen atoms in total. The highest BCUT2D eigenvalue weighted by Gasteiger charge is 2.06. The Morgan fingerprint density at radius 1 is 1.13 bits per heavy atom. The van der Waals surface area contributed by atoms with Gasteiger partial charge in [-0.15, -0.1) is 0 Å². The smallest absolute Gasteiger partial charge is 0.354 e. The zero-order chi connectivity index (χ0) is 10.7. The van der Waals surface area contributed by atoms with Crippen molar-refractivity contribution in [1.82, 2.24) is 9.97 Å². The van der Waals surface area contributed by atoms with Crippen molar-refractivity contribution in [2.75, 3.05) is 0 Å². The summed E-state index contributed by atoms with van der Waals surface area (Å²) in [6, 6.07) is 8.71. The van der Waals surface area contributed by atoms with E-state index in [0.717, 1.165) is 11.3 Å². The quantitative estimate of drug-likeness (QED) is 0.803. The van der Waals surface area contributed by atoms with E-state index in [0.29, 0.717) is 0 Å². The van der Waals surface area contributed by atoms with Crippen molar-refractivity contribution in [2.45, 2.75) is 0 Å². The summed E-state index contributed by atoms with van der Waals surface area (Å²) in [4.78, 5) is 18.6. The minimum atomic E-state index is -1.03. The lowest BCUT2D eigenvalue weighted by Gasteiger charge is -2.00. The molecule has 0 radical (unpaired) electrons. The lowest BCUT2D eigenvalue weighted by molar-refractivity contribution is 0.0690. The van der Waals surface area contributed by atoms with Gasteiger partial charge in [-0.1, -0.05) is 6.07 Å². The minimum absolute atomic E-state index is 0.0261. The van der Waals surface area contributed by atoms with E-state index in [4.69, 9.17) is 5.11 Å². The molecule has 0 aliphatic rings. The van der Waals surface area contributed by atoms with E-state index < -0.39 is 5.97 Å². The molecule has 0 aliphatic heterocycles. The molecule has 2 aromatic heterocycles. The molecule has 0 fully saturated rings. The van der Waals surface area contributed by atoms with Crippen LogP contribution in [0.1, 0.15) is 10.5 Å². The number of hydrogen-bond donors (Lipinski definition) is 1. The molecule has 4 heteroatoms. The van der Waals surface area contributed by atoms with Crippen molar-refractivity contribution in [2.24, 2.45) is 0 Å². The van der Waals surface area contributed by atoms with E-state index in [2.05, 4.69) is 9.97 Å². The van der Waals surface area contributed by atoms with Crippen molar-refractivity contribution in [3.63, 3.8) is 0 Å². The maximum absolute atomic E-state index is 10.7. The van der Waals surface area contributed by atoms with Crippen LogP contribution in [-0.2, 0) is 0 Å². The molecule has 0 saturated heterocycles. The number of nitrogens with zero attached hydrogens (tertiary/aromatic N) is 2. The second kappa shape index (κ2) is 3.88. The molecule has 0 bridgehead atoms. The van der Waals surface area contributed by atoms with Crippen LogP contribution in [0, 0.1) is 0 Å². The van der Waals surface area contributed by atoms with Crippen LogP contribution in [0.2, 0.25) is 0 Å². The number of aromatic carboxylic acids is 1. The normalized spacial score (nSPS) is 9.87. The number of hydrogen-bond acceptors (Lipinski definition) is 3. The van der Waals surface area contributed by atoms with E-state index in [-0.39, 0.29) is 5.69 Å². The second-order valence-corrected chi connectivity index (χ2v) is 2.95. The summed E-state index contributed by atoms with van der Waals surface area (Å²) in [6.45, 7) is 0. The first kappa shape index (κ1) is 9.33. The number of pyridine rings is 2. The molecule has 15 heavy (non-hydrogen) atoms. The predicted molar refractivity (Wildman–Crippen MR) is 54.4 cm³/mol. The van der Waals surface area contributed by atoms with Gasteiger partial charge in [-0.05, 0) is 24.3 Å². The molecule has 0 aliphatic carbocycles. The SMILES string of the molecule is O=C(O)c1cc(-c2ccccn2)ccn1. The summed E-state index contributed by atoms with van der Waals surface area (Å²) in [5.41, 5.74) is 1.52. The Morgan fingerprint density at radius 2 is 2.00 bits per heavy atom. The Bertz CT molecular complexity index is 483. The molecule has 1 N–H and O–H groups in total. The Kier molecular flexibility index (Phi) is 2.41. The van der Waals surface area contributed by atoms with Gasteiger partial charge in [0.1, 0.15) is 5.69 Å². The molecule has 2 rings (SSSR count). The average Bonchev–Trinajstić information content (AvgIpc) is 2.30. The van der Waals surface area contributed by atoms with E-state index in [1.807, 2.05) is 18.2 Å². The Balaban J connectivity index is 2.46. The lowest BCUT2D eigenvalue weighted by atomic mass is 10.1. The van der Waals surface area contributed by atoms with Crippen molar-refractivity contribution in [1.29, 1.82) is 0 Å². The fourth-order valence-electron chi connectivity index (χ4n) is 1.24. The third kappa shape index (κ3) is 1.99. The van der Waals surface area contributed by atoms with Crippen molar-refractivity contribution in [3.05, 3.63) is 48.4 Å². The molecule has 2 heterocycles. The van der Waals surface area contributed by atoms with Gasteiger partial charge in [-0.25, -0.2) is 9.78 Å². The van der Waals surface area contributed by atoms with Gasteiger partial charge in [-0.3, -0.25) is 4.98 Å². The zero-order valence-corrected chi connectivity index (χ0v) is 7.79. The van der Waals surface area contributed by atoms with Crippen LogP contribution in [0.5, 0.6) is 0 Å². The molecule has 0 aromatic carbocycles. The third-order valence-corrected chi connectivity index (χ3v) is 1.94. The summed E-state index contributed by atoms with van der Waals surface area (Å²) >= 11 is 0. The molecular formula is C11H8N2O2. The standard InChI is InChI=1S/C11H8N2O2/c14-11(15)10-7-8(4-6-13-10)9-3-1-2-5-12-9/h1-7H,(H,14,15). The molecule has 2 aromatic rings. The van der Waals surface area contributed by atoms with Crippen molar-refractivity contribution >= 4 is 5.97 Å². The molecule has 0 spiro atoms. The van der Waals surface area contributed by atoms with E-state index >= 15 is 0 Å². The van der Waals surface area contributed by atoms with Gasteiger partial charge in [0.25, 0.3) is 0 Å². The number of carboxylic acid groups (broad SMARTS) is 1. The fourth-order valence-corrected chi connectivity index (χ4v) is 1.24. The Hall–Kier alpha value is -2.23. The number of carboxylic acids is 1. The molecule has 0 saturated carbocycles. The minimum Gasteiger partial charge on any atom is -0.477 e. The maximum atomic E-state index is 10.7. The van der Waals surface area contributed by atoms with Crippen molar-refractivity contribution in [3.8, 4) is 11.3 Å². The maximum Gasteiger partial charge on any atom is 0.354 e. The first-order chi connectivity index (χ1) is 7.27. The Labute approximate surface area is 86.2 Å². The van der Waals surface area contributed by atoms with Crippen LogP contribution in [0.3, 0.4) is 0 Å². The summed E-state index contributed by atoms with van der Waals surface area (Å²) in [5.74, 6) is -1.03. The van der Waals surface area contributed by atoms with Crippen LogP contribution >= 0.6 is 0 Å². The molecule has 0 atom stereocenters. The summed E-state index contributed by atoms with van der Waals surface area (Å²) in [7, 11) is 0. The van der Waals surface area contributed by atoms with Gasteiger partial charge >= 0.3 is 5.97 Å². The van der Waals surface area contributed by atoms with E-state index in [1.165, 1.54) is 12.3 Å². The first-order valence-corrected chi connectivity index (χ1v) is 4.38. The molecule has 74 valence electrons. The van der Waals surface area contributed by atoms with Crippen molar-refractivity contribution < 1.29 is 9.90 Å². The topological polar surface area (TPSA) is 63.1 Å². The van der Waals surface area contributed by atoms with E-state index in [1.54, 1.807) is 12.3 Å². The highest BCUT2D eigenvalue weighted by atomic mass is 16.4. The largest absolute Gasteiger partial charge is 0.477 e. The summed E-state index contributed by atoms with van der Waals surface area (Å²) in [6.07, 6.45) is 3.13. The highest BCUT2D eigenvalue weighted by molar-refractivity contribution is 5.86. The second-order valence-electron chi connectivity index (χ2n) is 2.95. The van der Waals surface area contributed by atoms with Gasteiger partial charge in [0.15, 0.2) is 0 Å². The van der Waals surface area contributed by atoms with Gasteiger partial charge in [-0.2, -0.15) is 0 Å². The van der Waals surface area contributed by atoms with Crippen LogP contribution in [0.15, 0.2) is 42.7 Å². The summed E-state index contributed by atoms with van der Waals surface area (Å²) in [5, 5.41) is 8.77. The lowest BCUT2D eigenvalue weighted by Crippen LogP contribution is -1.99. The predicted octanol–water partition coefficient (Wildman–Crippen LogP) is 1.84. The first-order valence-electron chi connectivity index (χ1n) is 4.38. The number of rotatable bonds is 2. The van der Waals surface area contributed by atoms with Crippen LogP contribution in [0.4, 0.5) is 0 Å². The Morgan fingerprint density at radius 3 is 2.67 bits per heavy atom. The zero-order valence-electron chi connectivity index (χ0n) is 7.79. The number of carbonyl (C=O) groups is 1. The molecular weight excluding hydrogens is 192 g/mol. The molecule has 0 unspecified atom stereocenters. The van der Waals surface area contributed by atoms with Crippen LogP contribution in [0.25, 0.3) is 11.3 Å². The van der Waals surface area contributed by atoms with Crippen LogP contribution in [-0.4, -0.2) is 21.0 Å². The highest BCUT2D eigenvalue weighted by Crippen LogP contribution is 2.15. The van der Waals surface area contributed by atoms with Crippen LogP contribution < -0.4 is 0 Å². The number of aromatic nitrogens is 2. The average molecular weight is 200 g/mol. The summed E-state index contributed by atoms with van der Waals surface area (Å²) < 4.78 is 0. The molecule has 0 amide bonds. The van der Waals surface area contributed by atoms with E-state index in [9.17, 15) is 4.79 Å². The third-order valence-electron chi connectivity index (χ3n) is 1.94. The van der Waals surface area contributed by atoms with Gasteiger partial charge in [0, 0.05) is 18.0 Å². The van der Waals surface area contributed by atoms with Gasteiger partial charge in [0.2, 0.25) is 0 Å². The monoisotopic (exact) mass is 200 g/mol. The van der Waals surface area contributed by atoms with Gasteiger partial charge < -0.3 is 5.11 Å². The van der Waals surface area contributed by atoms with Gasteiger partial charge in [0.05, 0.1) is 5.69 Å².